The number of aryl methyl sites for hydroxylation is 1. The summed E-state index contributed by atoms with van der Waals surface area (Å²) in [5.41, 5.74) is 0.958. The lowest BCUT2D eigenvalue weighted by Crippen LogP contribution is -2.18. The van der Waals surface area contributed by atoms with Crippen LogP contribution in [0.4, 0.5) is 0 Å². The van der Waals surface area contributed by atoms with Crippen molar-refractivity contribution in [2.75, 3.05) is 46.4 Å². The number of ether oxygens (including phenoxy) is 7. The van der Waals surface area contributed by atoms with Crippen molar-refractivity contribution < 1.29 is 58.1 Å². The molecule has 0 aliphatic rings. The number of aliphatic hydroxyl groups is 1. The Morgan fingerprint density at radius 1 is 0.533 bits per heavy atom. The maximum absolute atomic E-state index is 12.9. The van der Waals surface area contributed by atoms with Crippen LogP contribution in [-0.2, 0) is 0 Å². The third-order valence-corrected chi connectivity index (χ3v) is 11.9. The molecule has 0 spiro atoms. The maximum Gasteiger partial charge on any atom is 0.343 e. The normalized spacial score (nSPS) is 11.3. The number of carbonyl (C=O) groups is 2. The van der Waals surface area contributed by atoms with E-state index in [2.05, 4.69) is 40.2 Å². The number of benzene rings is 4. The highest BCUT2D eigenvalue weighted by Crippen LogP contribution is 2.50. The number of rotatable bonds is 22. The first-order chi connectivity index (χ1) is 29.1. The van der Waals surface area contributed by atoms with Crippen molar-refractivity contribution in [3.8, 4) is 40.2 Å². The fourth-order valence-electron chi connectivity index (χ4n) is 6.02. The van der Waals surface area contributed by atoms with Crippen LogP contribution in [0.25, 0.3) is 30.6 Å². The minimum Gasteiger partial charge on any atom is -0.493 e. The van der Waals surface area contributed by atoms with Crippen molar-refractivity contribution in [1.82, 2.24) is 15.0 Å². The van der Waals surface area contributed by atoms with Gasteiger partial charge in [0.15, 0.2) is 24.0 Å². The van der Waals surface area contributed by atoms with Gasteiger partial charge in [0.05, 0.1) is 75.3 Å². The summed E-state index contributed by atoms with van der Waals surface area (Å²) in [7, 11) is 0. The predicted octanol–water partition coefficient (Wildman–Crippen LogP) is 8.67. The molecular formula is C40H37N3O12S5. The van der Waals surface area contributed by atoms with Crippen molar-refractivity contribution in [3.05, 3.63) is 70.7 Å². The summed E-state index contributed by atoms with van der Waals surface area (Å²) in [6.45, 7) is 1.20. The smallest absolute Gasteiger partial charge is 0.343 e. The van der Waals surface area contributed by atoms with Crippen molar-refractivity contribution in [1.29, 1.82) is 0 Å². The van der Waals surface area contributed by atoms with Crippen LogP contribution in [0.1, 0.15) is 45.0 Å². The molecule has 4 aromatic carbocycles. The third kappa shape index (κ3) is 10.4. The number of fused-ring (bicyclic) bond motifs is 3. The lowest BCUT2D eigenvalue weighted by Gasteiger charge is -2.23. The number of thiazole rings is 3. The standard InChI is InChI=1S/C40H37N3O12S5/c1-21-41-25-17-22(5-8-28(25)58-21)49-13-4-16-54-36-34(52-14-2-11-50-23-6-9-29-26(18-23)42-39(56)59-29)31(37(45)46)33(55-20-44)32(38(47)48)35(36)53-15-3-12-51-24-7-10-30-27(19-24)43-40(57)60-30/h5-10,17-19,44H,2-4,11-16,20H2,1H3,(H,42,56)(H,43,57)(H,45,46)(H,47,48). The Kier molecular flexibility index (Phi) is 14.2. The Bertz CT molecular complexity index is 2520. The Hall–Kier alpha value is -5.25. The van der Waals surface area contributed by atoms with Crippen molar-refractivity contribution in [3.63, 3.8) is 0 Å². The first kappa shape index (κ1) is 42.9. The van der Waals surface area contributed by atoms with Gasteiger partial charge in [0.25, 0.3) is 0 Å². The molecule has 15 nitrogen and oxygen atoms in total. The highest BCUT2D eigenvalue weighted by Gasteiger charge is 2.35. The molecule has 0 radical (unpaired) electrons. The van der Waals surface area contributed by atoms with E-state index in [0.717, 1.165) is 35.7 Å². The molecule has 0 saturated heterocycles. The molecular weight excluding hydrogens is 875 g/mol. The average Bonchev–Trinajstić information content (AvgIpc) is 3.90. The molecule has 7 aromatic rings. The first-order valence-electron chi connectivity index (χ1n) is 18.3. The fourth-order valence-corrected chi connectivity index (χ4v) is 9.00. The summed E-state index contributed by atoms with van der Waals surface area (Å²) in [5.74, 6) is -3.07. The van der Waals surface area contributed by atoms with Gasteiger partial charge in [-0.3, -0.25) is 0 Å². The summed E-state index contributed by atoms with van der Waals surface area (Å²) in [6.07, 6.45) is 0.841. The summed E-state index contributed by atoms with van der Waals surface area (Å²) < 4.78 is 45.6. The van der Waals surface area contributed by atoms with Gasteiger partial charge >= 0.3 is 11.9 Å². The van der Waals surface area contributed by atoms with E-state index in [9.17, 15) is 24.9 Å². The van der Waals surface area contributed by atoms with Crippen molar-refractivity contribution in [2.24, 2.45) is 0 Å². The number of carboxylic acid groups (broad SMARTS) is 2. The molecule has 20 heteroatoms. The Labute approximate surface area is 365 Å². The van der Waals surface area contributed by atoms with Gasteiger partial charge in [0, 0.05) is 37.5 Å². The molecule has 60 heavy (non-hydrogen) atoms. The zero-order valence-electron chi connectivity index (χ0n) is 31.7. The molecule has 0 amide bonds. The Morgan fingerprint density at radius 3 is 1.33 bits per heavy atom. The molecule has 3 heterocycles. The quantitative estimate of drug-likeness (QED) is 0.0246. The molecule has 0 unspecified atom stereocenters. The molecule has 0 saturated carbocycles. The van der Waals surface area contributed by atoms with Gasteiger partial charge in [-0.1, -0.05) is 0 Å². The van der Waals surface area contributed by atoms with Gasteiger partial charge in [0.2, 0.25) is 5.75 Å². The fraction of sp³-hybridized carbons (Fsp3) is 0.275. The van der Waals surface area contributed by atoms with Crippen molar-refractivity contribution in [2.45, 2.75) is 34.9 Å². The molecule has 314 valence electrons. The molecule has 3 N–H and O–H groups in total. The molecule has 0 atom stereocenters. The van der Waals surface area contributed by atoms with E-state index in [4.69, 9.17) is 33.2 Å². The van der Waals surface area contributed by atoms with E-state index < -0.39 is 35.6 Å². The summed E-state index contributed by atoms with van der Waals surface area (Å²) in [5, 5.41) is 31.6. The molecule has 0 fully saturated rings. The molecule has 3 aromatic heterocycles. The van der Waals surface area contributed by atoms with Crippen LogP contribution in [0.15, 0.2) is 63.3 Å². The second kappa shape index (κ2) is 19.9. The van der Waals surface area contributed by atoms with Gasteiger partial charge in [-0.25, -0.2) is 24.5 Å². The van der Waals surface area contributed by atoms with Crippen LogP contribution < -0.4 is 33.2 Å². The SMILES string of the molecule is Cc1nc2cc(OCCCOc3c(OCCCOc4ccc5sc(S)nc5c4)c(C(=O)O)c(OCO)c(C(=O)O)c3OCCCOc3ccc4sc(S)nc4c3)ccc2s1. The van der Waals surface area contributed by atoms with Crippen LogP contribution in [0.2, 0.25) is 0 Å². The number of hydrogen-bond acceptors (Lipinski definition) is 18. The zero-order chi connectivity index (χ0) is 42.2. The third-order valence-electron chi connectivity index (χ3n) is 8.53. The van der Waals surface area contributed by atoms with E-state index >= 15 is 0 Å². The topological polar surface area (TPSA) is 198 Å². The number of aromatic nitrogens is 3. The monoisotopic (exact) mass is 911 g/mol. The minimum absolute atomic E-state index is 0.0600. The number of aliphatic hydroxyl groups excluding tert-OH is 1. The Balaban J connectivity index is 1.10. The number of hydrogen-bond donors (Lipinski definition) is 5. The lowest BCUT2D eigenvalue weighted by atomic mass is 10.0. The maximum atomic E-state index is 12.9. The second-order valence-electron chi connectivity index (χ2n) is 12.7. The second-order valence-corrected chi connectivity index (χ2v) is 17.5. The van der Waals surface area contributed by atoms with Gasteiger partial charge in [0.1, 0.15) is 37.1 Å². The van der Waals surface area contributed by atoms with E-state index in [0.29, 0.717) is 32.3 Å². The largest absolute Gasteiger partial charge is 0.493 e. The lowest BCUT2D eigenvalue weighted by molar-refractivity contribution is 0.0641. The van der Waals surface area contributed by atoms with Crippen LogP contribution in [-0.4, -0.2) is 88.6 Å². The molecule has 0 aliphatic carbocycles. The van der Waals surface area contributed by atoms with Crippen LogP contribution in [0, 0.1) is 6.92 Å². The van der Waals surface area contributed by atoms with Gasteiger partial charge < -0.3 is 48.5 Å². The minimum atomic E-state index is -1.59. The number of thiol groups is 2. The predicted molar refractivity (Wildman–Crippen MR) is 233 cm³/mol. The summed E-state index contributed by atoms with van der Waals surface area (Å²) in [6, 6.07) is 16.6. The highest BCUT2D eigenvalue weighted by molar-refractivity contribution is 7.83. The summed E-state index contributed by atoms with van der Waals surface area (Å²) >= 11 is 13.1. The van der Waals surface area contributed by atoms with Crippen LogP contribution >= 0.6 is 59.3 Å². The van der Waals surface area contributed by atoms with Gasteiger partial charge in [-0.2, -0.15) is 0 Å². The number of aromatic carboxylic acids is 2. The first-order valence-corrected chi connectivity index (χ1v) is 21.7. The number of nitrogens with zero attached hydrogens (tertiary/aromatic N) is 3. The Morgan fingerprint density at radius 2 is 0.917 bits per heavy atom. The van der Waals surface area contributed by atoms with E-state index in [1.165, 1.54) is 22.7 Å². The molecule has 0 bridgehead atoms. The van der Waals surface area contributed by atoms with Crippen LogP contribution in [0.3, 0.4) is 0 Å². The van der Waals surface area contributed by atoms with Crippen LogP contribution in [0.5, 0.6) is 40.2 Å². The average molecular weight is 912 g/mol. The molecule has 7 rings (SSSR count). The van der Waals surface area contributed by atoms with Gasteiger partial charge in [-0.15, -0.1) is 59.3 Å². The van der Waals surface area contributed by atoms with Crippen molar-refractivity contribution >= 4 is 102 Å². The zero-order valence-corrected chi connectivity index (χ0v) is 36.0. The van der Waals surface area contributed by atoms with E-state index in [1.54, 1.807) is 35.6 Å². The number of carboxylic acids is 2. The molecule has 0 aliphatic heterocycles. The summed E-state index contributed by atoms with van der Waals surface area (Å²) in [4.78, 5) is 39.0. The van der Waals surface area contributed by atoms with Gasteiger partial charge in [-0.05, 0) is 43.3 Å². The highest BCUT2D eigenvalue weighted by atomic mass is 32.2. The van der Waals surface area contributed by atoms with E-state index in [-0.39, 0.29) is 69.7 Å². The van der Waals surface area contributed by atoms with E-state index in [1.807, 2.05) is 37.3 Å².